The van der Waals surface area contributed by atoms with E-state index in [2.05, 4.69) is 50.1 Å². The van der Waals surface area contributed by atoms with Crippen LogP contribution in [0.15, 0.2) is 53.3 Å². The molecule has 94 valence electrons. The first-order valence-corrected chi connectivity index (χ1v) is 6.69. The Labute approximate surface area is 116 Å². The summed E-state index contributed by atoms with van der Waals surface area (Å²) in [6.45, 7) is 2.29. The Morgan fingerprint density at radius 3 is 2.61 bits per heavy atom. The highest BCUT2D eigenvalue weighted by Crippen LogP contribution is 2.25. The van der Waals surface area contributed by atoms with Crippen LogP contribution < -0.4 is 10.6 Å². The zero-order valence-electron chi connectivity index (χ0n) is 10.1. The number of benzene rings is 1. The van der Waals surface area contributed by atoms with Crippen LogP contribution >= 0.6 is 15.9 Å². The van der Waals surface area contributed by atoms with Gasteiger partial charge in [0.2, 0.25) is 0 Å². The van der Waals surface area contributed by atoms with Gasteiger partial charge in [0.1, 0.15) is 0 Å². The van der Waals surface area contributed by atoms with Gasteiger partial charge in [-0.2, -0.15) is 0 Å². The van der Waals surface area contributed by atoms with Gasteiger partial charge < -0.3 is 10.6 Å². The molecule has 2 N–H and O–H groups in total. The number of pyridine rings is 1. The first kappa shape index (κ1) is 13.1. The van der Waals surface area contributed by atoms with Crippen LogP contribution in [0.2, 0.25) is 0 Å². The lowest BCUT2D eigenvalue weighted by Gasteiger charge is -2.25. The molecule has 0 fully saturated rings. The average Bonchev–Trinajstić information content (AvgIpc) is 2.40. The summed E-state index contributed by atoms with van der Waals surface area (Å²) < 4.78 is 0.995. The van der Waals surface area contributed by atoms with Crippen LogP contribution in [0.5, 0.6) is 0 Å². The highest BCUT2D eigenvalue weighted by molar-refractivity contribution is 9.10. The molecule has 0 aliphatic carbocycles. The van der Waals surface area contributed by atoms with E-state index >= 15 is 0 Å². The van der Waals surface area contributed by atoms with E-state index in [1.54, 1.807) is 6.20 Å². The molecule has 2 rings (SSSR count). The minimum absolute atomic E-state index is 0.627. The third-order valence-electron chi connectivity index (χ3n) is 2.71. The molecule has 2 aromatic rings. The average molecular weight is 306 g/mol. The molecule has 0 radical (unpaired) electrons. The molecular weight excluding hydrogens is 290 g/mol. The number of halogens is 1. The van der Waals surface area contributed by atoms with Gasteiger partial charge in [0, 0.05) is 32.0 Å². The van der Waals surface area contributed by atoms with Crippen molar-refractivity contribution in [1.29, 1.82) is 0 Å². The Bertz CT molecular complexity index is 487. The number of aromatic nitrogens is 1. The first-order valence-electron chi connectivity index (χ1n) is 5.89. The Kier molecular flexibility index (Phi) is 4.73. The van der Waals surface area contributed by atoms with Gasteiger partial charge in [-0.1, -0.05) is 30.3 Å². The van der Waals surface area contributed by atoms with Gasteiger partial charge in [0.15, 0.2) is 0 Å². The van der Waals surface area contributed by atoms with Crippen LogP contribution in [0, 0.1) is 0 Å². The van der Waals surface area contributed by atoms with Crippen LogP contribution in [-0.4, -0.2) is 18.1 Å². The molecule has 1 aromatic carbocycles. The predicted octanol–water partition coefficient (Wildman–Crippen LogP) is 2.81. The molecule has 0 aliphatic heterocycles. The van der Waals surface area contributed by atoms with E-state index in [4.69, 9.17) is 5.73 Å². The number of rotatable bonds is 5. The molecule has 3 nitrogen and oxygen atoms in total. The molecule has 4 heteroatoms. The standard InChI is InChI=1S/C14H16BrN3/c15-13-10-17-8-6-14(13)18(9-7-16)11-12-4-2-1-3-5-12/h1-6,8,10H,7,9,11,16H2. The molecule has 0 atom stereocenters. The van der Waals surface area contributed by atoms with Crippen molar-refractivity contribution in [2.24, 2.45) is 5.73 Å². The molecule has 1 heterocycles. The molecule has 0 amide bonds. The molecule has 0 saturated carbocycles. The van der Waals surface area contributed by atoms with Gasteiger partial charge in [-0.15, -0.1) is 0 Å². The molecular formula is C14H16BrN3. The second kappa shape index (κ2) is 6.52. The third-order valence-corrected chi connectivity index (χ3v) is 3.32. The topological polar surface area (TPSA) is 42.1 Å². The summed E-state index contributed by atoms with van der Waals surface area (Å²) in [4.78, 5) is 6.34. The fourth-order valence-electron chi connectivity index (χ4n) is 1.87. The maximum Gasteiger partial charge on any atom is 0.0592 e. The second-order valence-electron chi connectivity index (χ2n) is 4.02. The van der Waals surface area contributed by atoms with Gasteiger partial charge in [-0.3, -0.25) is 4.98 Å². The Morgan fingerprint density at radius 1 is 1.17 bits per heavy atom. The van der Waals surface area contributed by atoms with Crippen molar-refractivity contribution in [1.82, 2.24) is 4.98 Å². The van der Waals surface area contributed by atoms with Gasteiger partial charge in [0.25, 0.3) is 0 Å². The van der Waals surface area contributed by atoms with Crippen LogP contribution in [0.1, 0.15) is 5.56 Å². The largest absolute Gasteiger partial charge is 0.365 e. The normalized spacial score (nSPS) is 10.3. The fraction of sp³-hybridized carbons (Fsp3) is 0.214. The molecule has 0 aliphatic rings. The van der Waals surface area contributed by atoms with E-state index in [9.17, 15) is 0 Å². The van der Waals surface area contributed by atoms with Gasteiger partial charge in [-0.25, -0.2) is 0 Å². The van der Waals surface area contributed by atoms with E-state index in [1.807, 2.05) is 18.3 Å². The minimum atomic E-state index is 0.627. The molecule has 0 saturated heterocycles. The second-order valence-corrected chi connectivity index (χ2v) is 4.88. The summed E-state index contributed by atoms with van der Waals surface area (Å²) in [5, 5.41) is 0. The summed E-state index contributed by atoms with van der Waals surface area (Å²) in [5.41, 5.74) is 8.10. The van der Waals surface area contributed by atoms with Crippen molar-refractivity contribution in [3.8, 4) is 0 Å². The van der Waals surface area contributed by atoms with Crippen LogP contribution in [-0.2, 0) is 6.54 Å². The van der Waals surface area contributed by atoms with Crippen molar-refractivity contribution in [3.63, 3.8) is 0 Å². The SMILES string of the molecule is NCCN(Cc1ccccc1)c1ccncc1Br. The third kappa shape index (κ3) is 3.31. The smallest absolute Gasteiger partial charge is 0.0592 e. The maximum absolute atomic E-state index is 5.70. The van der Waals surface area contributed by atoms with E-state index in [1.165, 1.54) is 5.56 Å². The minimum Gasteiger partial charge on any atom is -0.365 e. The Morgan fingerprint density at radius 2 is 1.94 bits per heavy atom. The number of anilines is 1. The van der Waals surface area contributed by atoms with E-state index in [0.717, 1.165) is 23.2 Å². The van der Waals surface area contributed by atoms with E-state index < -0.39 is 0 Å². The summed E-state index contributed by atoms with van der Waals surface area (Å²) in [6.07, 6.45) is 3.61. The zero-order valence-corrected chi connectivity index (χ0v) is 11.7. The molecule has 0 unspecified atom stereocenters. The van der Waals surface area contributed by atoms with E-state index in [-0.39, 0.29) is 0 Å². The summed E-state index contributed by atoms with van der Waals surface area (Å²) >= 11 is 3.54. The van der Waals surface area contributed by atoms with Gasteiger partial charge >= 0.3 is 0 Å². The lowest BCUT2D eigenvalue weighted by molar-refractivity contribution is 0.787. The monoisotopic (exact) mass is 305 g/mol. The highest BCUT2D eigenvalue weighted by Gasteiger charge is 2.09. The quantitative estimate of drug-likeness (QED) is 0.923. The van der Waals surface area contributed by atoms with Crippen LogP contribution in [0.25, 0.3) is 0 Å². The van der Waals surface area contributed by atoms with Crippen molar-refractivity contribution in [3.05, 3.63) is 58.8 Å². The van der Waals surface area contributed by atoms with Gasteiger partial charge in [-0.05, 0) is 27.6 Å². The maximum atomic E-state index is 5.70. The summed E-state index contributed by atoms with van der Waals surface area (Å²) in [5.74, 6) is 0. The zero-order chi connectivity index (χ0) is 12.8. The van der Waals surface area contributed by atoms with Crippen molar-refractivity contribution in [2.75, 3.05) is 18.0 Å². The predicted molar refractivity (Wildman–Crippen MR) is 78.5 cm³/mol. The number of nitrogens with zero attached hydrogens (tertiary/aromatic N) is 2. The van der Waals surface area contributed by atoms with Crippen LogP contribution in [0.4, 0.5) is 5.69 Å². The molecule has 18 heavy (non-hydrogen) atoms. The van der Waals surface area contributed by atoms with Gasteiger partial charge in [0.05, 0.1) is 10.2 Å². The molecule has 1 aromatic heterocycles. The summed E-state index contributed by atoms with van der Waals surface area (Å²) in [7, 11) is 0. The lowest BCUT2D eigenvalue weighted by Crippen LogP contribution is -2.29. The Balaban J connectivity index is 2.21. The van der Waals surface area contributed by atoms with Crippen molar-refractivity contribution in [2.45, 2.75) is 6.54 Å². The van der Waals surface area contributed by atoms with Crippen LogP contribution in [0.3, 0.4) is 0 Å². The fourth-order valence-corrected chi connectivity index (χ4v) is 2.37. The molecule has 0 spiro atoms. The summed E-state index contributed by atoms with van der Waals surface area (Å²) in [6, 6.07) is 12.4. The Hall–Kier alpha value is -1.39. The van der Waals surface area contributed by atoms with E-state index in [0.29, 0.717) is 6.54 Å². The first-order chi connectivity index (χ1) is 8.81. The highest BCUT2D eigenvalue weighted by atomic mass is 79.9. The van der Waals surface area contributed by atoms with Crippen molar-refractivity contribution >= 4 is 21.6 Å². The van der Waals surface area contributed by atoms with Crippen molar-refractivity contribution < 1.29 is 0 Å². The number of nitrogens with two attached hydrogens (primary N) is 1. The number of hydrogen-bond donors (Lipinski definition) is 1. The molecule has 0 bridgehead atoms. The number of hydrogen-bond acceptors (Lipinski definition) is 3. The lowest BCUT2D eigenvalue weighted by atomic mass is 10.2.